The summed E-state index contributed by atoms with van der Waals surface area (Å²) in [6.07, 6.45) is 1.94. The van der Waals surface area contributed by atoms with Gasteiger partial charge in [-0.25, -0.2) is 0 Å². The molecule has 5 nitrogen and oxygen atoms in total. The predicted octanol–water partition coefficient (Wildman–Crippen LogP) is 0.790. The maximum absolute atomic E-state index is 11.0. The number of carbonyl (C=O) groups excluding carboxylic acids is 1. The van der Waals surface area contributed by atoms with Gasteiger partial charge in [-0.1, -0.05) is 24.3 Å². The van der Waals surface area contributed by atoms with Crippen molar-refractivity contribution in [3.63, 3.8) is 0 Å². The number of allylic oxidation sites excluding steroid dienone is 1. The molecule has 0 saturated carbocycles. The van der Waals surface area contributed by atoms with Crippen LogP contribution in [0.4, 0.5) is 0 Å². The number of carbonyl (C=O) groups is 1. The van der Waals surface area contributed by atoms with Gasteiger partial charge in [-0.2, -0.15) is 12.6 Å². The minimum atomic E-state index is -0.614. The zero-order valence-corrected chi connectivity index (χ0v) is 13.5. The van der Waals surface area contributed by atoms with Gasteiger partial charge >= 0.3 is 0 Å². The Bertz CT molecular complexity index is 468. The monoisotopic (exact) mass is 324 g/mol. The van der Waals surface area contributed by atoms with Crippen LogP contribution in [-0.2, 0) is 11.2 Å². The fourth-order valence-electron chi connectivity index (χ4n) is 1.83. The Kier molecular flexibility index (Phi) is 9.37. The van der Waals surface area contributed by atoms with E-state index in [0.29, 0.717) is 19.6 Å². The zero-order chi connectivity index (χ0) is 16.2. The van der Waals surface area contributed by atoms with Crippen LogP contribution in [0.15, 0.2) is 36.9 Å². The summed E-state index contributed by atoms with van der Waals surface area (Å²) in [7, 11) is 0. The van der Waals surface area contributed by atoms with Crippen LogP contribution in [0.25, 0.3) is 0 Å². The lowest BCUT2D eigenvalue weighted by molar-refractivity contribution is -0.118. The van der Waals surface area contributed by atoms with Gasteiger partial charge in [-0.15, -0.1) is 6.58 Å². The first-order valence-electron chi connectivity index (χ1n) is 7.25. The summed E-state index contributed by atoms with van der Waals surface area (Å²) in [5, 5.41) is 15.6. The standard InChI is InChI=1S/C16H24N2O3S/c1-2-5-13-6-3-4-7-15(13)21-11-14(19)10-17-8-9-18-16(20)12-22/h2-4,6-7,14,17,19,22H,1,5,8-12H2,(H,18,20). The molecule has 22 heavy (non-hydrogen) atoms. The van der Waals surface area contributed by atoms with E-state index in [-0.39, 0.29) is 18.3 Å². The van der Waals surface area contributed by atoms with Crippen molar-refractivity contribution < 1.29 is 14.6 Å². The van der Waals surface area contributed by atoms with Gasteiger partial charge in [0.1, 0.15) is 18.5 Å². The zero-order valence-electron chi connectivity index (χ0n) is 12.6. The van der Waals surface area contributed by atoms with Crippen molar-refractivity contribution in [2.24, 2.45) is 0 Å². The molecule has 1 aromatic carbocycles. The number of hydrogen-bond donors (Lipinski definition) is 4. The van der Waals surface area contributed by atoms with Crippen molar-refractivity contribution in [1.82, 2.24) is 10.6 Å². The molecule has 0 aliphatic heterocycles. The lowest BCUT2D eigenvalue weighted by Gasteiger charge is -2.15. The van der Waals surface area contributed by atoms with Gasteiger partial charge in [0.15, 0.2) is 0 Å². The second-order valence-electron chi connectivity index (χ2n) is 4.78. The summed E-state index contributed by atoms with van der Waals surface area (Å²) >= 11 is 3.86. The molecule has 122 valence electrons. The molecule has 0 fully saturated rings. The van der Waals surface area contributed by atoms with Crippen LogP contribution < -0.4 is 15.4 Å². The number of amides is 1. The summed E-state index contributed by atoms with van der Waals surface area (Å²) in [6.45, 7) is 5.43. The highest BCUT2D eigenvalue weighted by molar-refractivity contribution is 7.81. The maximum atomic E-state index is 11.0. The maximum Gasteiger partial charge on any atom is 0.229 e. The number of rotatable bonds is 11. The Balaban J connectivity index is 2.21. The Hall–Kier alpha value is -1.50. The molecule has 0 aliphatic rings. The number of para-hydroxylation sites is 1. The van der Waals surface area contributed by atoms with Gasteiger partial charge < -0.3 is 20.5 Å². The number of ether oxygens (including phenoxy) is 1. The minimum Gasteiger partial charge on any atom is -0.491 e. The lowest BCUT2D eigenvalue weighted by Crippen LogP contribution is -2.37. The topological polar surface area (TPSA) is 70.6 Å². The quantitative estimate of drug-likeness (QED) is 0.276. The second kappa shape index (κ2) is 11.1. The molecule has 0 heterocycles. The van der Waals surface area contributed by atoms with Gasteiger partial charge in [0.25, 0.3) is 0 Å². The number of thiol groups is 1. The van der Waals surface area contributed by atoms with Crippen LogP contribution in [0.5, 0.6) is 5.75 Å². The highest BCUT2D eigenvalue weighted by Crippen LogP contribution is 2.18. The minimum absolute atomic E-state index is 0.104. The Morgan fingerprint density at radius 1 is 1.41 bits per heavy atom. The van der Waals surface area contributed by atoms with Crippen molar-refractivity contribution in [2.75, 3.05) is 32.0 Å². The predicted molar refractivity (Wildman–Crippen MR) is 91.6 cm³/mol. The number of benzene rings is 1. The summed E-state index contributed by atoms with van der Waals surface area (Å²) in [4.78, 5) is 11.0. The summed E-state index contributed by atoms with van der Waals surface area (Å²) in [5.74, 6) is 0.843. The smallest absolute Gasteiger partial charge is 0.229 e. The fourth-order valence-corrected chi connectivity index (χ4v) is 1.94. The van der Waals surface area contributed by atoms with E-state index >= 15 is 0 Å². The average Bonchev–Trinajstić information content (AvgIpc) is 2.53. The van der Waals surface area contributed by atoms with E-state index in [1.165, 1.54) is 0 Å². The first-order chi connectivity index (χ1) is 10.7. The molecule has 0 saturated heterocycles. The van der Waals surface area contributed by atoms with Crippen molar-refractivity contribution in [3.8, 4) is 5.75 Å². The van der Waals surface area contributed by atoms with Gasteiger partial charge in [-0.3, -0.25) is 4.79 Å². The van der Waals surface area contributed by atoms with Crippen LogP contribution in [0.2, 0.25) is 0 Å². The molecular formula is C16H24N2O3S. The van der Waals surface area contributed by atoms with E-state index in [2.05, 4.69) is 29.8 Å². The molecule has 0 bridgehead atoms. The van der Waals surface area contributed by atoms with E-state index in [0.717, 1.165) is 17.7 Å². The number of aliphatic hydroxyl groups excluding tert-OH is 1. The summed E-state index contributed by atoms with van der Waals surface area (Å²) < 4.78 is 5.65. The highest BCUT2D eigenvalue weighted by atomic mass is 32.1. The van der Waals surface area contributed by atoms with Crippen molar-refractivity contribution >= 4 is 18.5 Å². The Morgan fingerprint density at radius 3 is 2.91 bits per heavy atom. The van der Waals surface area contributed by atoms with E-state index in [1.807, 2.05) is 30.3 Å². The van der Waals surface area contributed by atoms with Crippen molar-refractivity contribution in [1.29, 1.82) is 0 Å². The van der Waals surface area contributed by atoms with Crippen LogP contribution in [0.1, 0.15) is 5.56 Å². The van der Waals surface area contributed by atoms with Gasteiger partial charge in [0.05, 0.1) is 5.75 Å². The molecule has 3 N–H and O–H groups in total. The molecule has 1 aromatic rings. The first-order valence-corrected chi connectivity index (χ1v) is 7.88. The van der Waals surface area contributed by atoms with Crippen molar-refractivity contribution in [3.05, 3.63) is 42.5 Å². The molecule has 1 rings (SSSR count). The summed E-state index contributed by atoms with van der Waals surface area (Å²) in [5.41, 5.74) is 1.05. The second-order valence-corrected chi connectivity index (χ2v) is 5.09. The van der Waals surface area contributed by atoms with Gasteiger partial charge in [0.2, 0.25) is 5.91 Å². The molecule has 0 radical (unpaired) electrons. The third kappa shape index (κ3) is 7.49. The fraction of sp³-hybridized carbons (Fsp3) is 0.438. The van der Waals surface area contributed by atoms with Crippen LogP contribution in [0, 0.1) is 0 Å². The van der Waals surface area contributed by atoms with Crippen LogP contribution >= 0.6 is 12.6 Å². The Labute approximate surface area is 137 Å². The molecule has 6 heteroatoms. The average molecular weight is 324 g/mol. The van der Waals surface area contributed by atoms with Gasteiger partial charge in [-0.05, 0) is 18.1 Å². The normalized spacial score (nSPS) is 11.7. The SMILES string of the molecule is C=CCc1ccccc1OCC(O)CNCCNC(=O)CS. The highest BCUT2D eigenvalue weighted by Gasteiger charge is 2.07. The third-order valence-corrected chi connectivity index (χ3v) is 3.20. The third-order valence-electron chi connectivity index (χ3n) is 2.92. The van der Waals surface area contributed by atoms with Crippen LogP contribution in [-0.4, -0.2) is 49.1 Å². The molecule has 0 aliphatic carbocycles. The largest absolute Gasteiger partial charge is 0.491 e. The number of nitrogens with one attached hydrogen (secondary N) is 2. The first kappa shape index (κ1) is 18.5. The van der Waals surface area contributed by atoms with E-state index < -0.39 is 6.10 Å². The van der Waals surface area contributed by atoms with Crippen LogP contribution in [0.3, 0.4) is 0 Å². The summed E-state index contributed by atoms with van der Waals surface area (Å²) in [6, 6.07) is 7.71. The molecule has 1 unspecified atom stereocenters. The van der Waals surface area contributed by atoms with Crippen molar-refractivity contribution in [2.45, 2.75) is 12.5 Å². The number of hydrogen-bond acceptors (Lipinski definition) is 5. The molecule has 1 atom stereocenters. The van der Waals surface area contributed by atoms with E-state index in [4.69, 9.17) is 4.74 Å². The van der Waals surface area contributed by atoms with Gasteiger partial charge in [0, 0.05) is 19.6 Å². The molecule has 0 spiro atoms. The Morgan fingerprint density at radius 2 is 2.18 bits per heavy atom. The molecule has 0 aromatic heterocycles. The van der Waals surface area contributed by atoms with E-state index in [9.17, 15) is 9.90 Å². The van der Waals surface area contributed by atoms with E-state index in [1.54, 1.807) is 0 Å². The number of aliphatic hydroxyl groups is 1. The lowest BCUT2D eigenvalue weighted by atomic mass is 10.1. The molecule has 1 amide bonds. The molecular weight excluding hydrogens is 300 g/mol.